The molecule has 6 heteroatoms. The average Bonchev–Trinajstić information content (AvgIpc) is 3.13. The van der Waals surface area contributed by atoms with Crippen molar-refractivity contribution in [1.82, 2.24) is 19.7 Å². The fourth-order valence-electron chi connectivity index (χ4n) is 3.64. The van der Waals surface area contributed by atoms with Crippen molar-refractivity contribution in [2.24, 2.45) is 13.0 Å². The lowest BCUT2D eigenvalue weighted by Crippen LogP contribution is -2.34. The number of benzene rings is 1. The molecule has 6 nitrogen and oxygen atoms in total. The highest BCUT2D eigenvalue weighted by atomic mass is 15.2. The maximum absolute atomic E-state index is 4.47. The van der Waals surface area contributed by atoms with Crippen molar-refractivity contribution in [1.29, 1.82) is 0 Å². The summed E-state index contributed by atoms with van der Waals surface area (Å²) in [4.78, 5) is 11.2. The normalized spacial score (nSPS) is 17.1. The van der Waals surface area contributed by atoms with Gasteiger partial charge in [0, 0.05) is 44.5 Å². The van der Waals surface area contributed by atoms with Gasteiger partial charge in [0.25, 0.3) is 0 Å². The van der Waals surface area contributed by atoms with Crippen LogP contribution in [0, 0.1) is 5.92 Å². The van der Waals surface area contributed by atoms with Crippen LogP contribution in [0.5, 0.6) is 0 Å². The van der Waals surface area contributed by atoms with E-state index in [0.29, 0.717) is 0 Å². The van der Waals surface area contributed by atoms with Gasteiger partial charge in [0.15, 0.2) is 0 Å². The highest BCUT2D eigenvalue weighted by Crippen LogP contribution is 2.23. The Hall–Kier alpha value is -2.89. The Balaban J connectivity index is 1.44. The second-order valence-electron chi connectivity index (χ2n) is 7.41. The summed E-state index contributed by atoms with van der Waals surface area (Å²) in [5.41, 5.74) is 3.51. The maximum Gasteiger partial charge on any atom is 0.134 e. The highest BCUT2D eigenvalue weighted by Gasteiger charge is 2.17. The summed E-state index contributed by atoms with van der Waals surface area (Å²) in [6.07, 6.45) is 8.11. The molecule has 3 aromatic rings. The van der Waals surface area contributed by atoms with E-state index in [2.05, 4.69) is 62.5 Å². The Morgan fingerprint density at radius 1 is 1.19 bits per heavy atom. The molecule has 0 radical (unpaired) electrons. The molecule has 2 aromatic heterocycles. The van der Waals surface area contributed by atoms with Gasteiger partial charge >= 0.3 is 0 Å². The van der Waals surface area contributed by atoms with Crippen LogP contribution in [0.2, 0.25) is 0 Å². The number of nitrogens with zero attached hydrogens (tertiary/aromatic N) is 5. The molecular weight excluding hydrogens is 336 g/mol. The van der Waals surface area contributed by atoms with Gasteiger partial charge in [-0.1, -0.05) is 25.1 Å². The van der Waals surface area contributed by atoms with E-state index in [-0.39, 0.29) is 0 Å². The fourth-order valence-corrected chi connectivity index (χ4v) is 3.64. The minimum atomic E-state index is 0.723. The average molecular weight is 362 g/mol. The molecular formula is C21H26N6. The van der Waals surface area contributed by atoms with Crippen LogP contribution in [-0.2, 0) is 13.6 Å². The van der Waals surface area contributed by atoms with Gasteiger partial charge in [0.1, 0.15) is 18.0 Å². The molecule has 1 N–H and O–H groups in total. The minimum absolute atomic E-state index is 0.723. The summed E-state index contributed by atoms with van der Waals surface area (Å²) < 4.78 is 1.82. The summed E-state index contributed by atoms with van der Waals surface area (Å²) in [6, 6.07) is 10.6. The van der Waals surface area contributed by atoms with Crippen LogP contribution >= 0.6 is 0 Å². The van der Waals surface area contributed by atoms with Crippen LogP contribution in [-0.4, -0.2) is 32.8 Å². The molecule has 3 heterocycles. The molecule has 1 atom stereocenters. The number of anilines is 2. The maximum atomic E-state index is 4.47. The van der Waals surface area contributed by atoms with Crippen LogP contribution in [0.25, 0.3) is 11.1 Å². The number of aryl methyl sites for hydroxylation is 1. The fraction of sp³-hybridized carbons (Fsp3) is 0.381. The molecule has 1 unspecified atom stereocenters. The molecule has 0 bridgehead atoms. The van der Waals surface area contributed by atoms with E-state index in [1.54, 1.807) is 6.33 Å². The van der Waals surface area contributed by atoms with Gasteiger partial charge in [-0.25, -0.2) is 9.97 Å². The number of piperidine rings is 1. The predicted octanol–water partition coefficient (Wildman–Crippen LogP) is 3.73. The molecule has 140 valence electrons. The molecule has 4 rings (SSSR count). The van der Waals surface area contributed by atoms with Crippen molar-refractivity contribution < 1.29 is 0 Å². The second-order valence-corrected chi connectivity index (χ2v) is 7.41. The summed E-state index contributed by atoms with van der Waals surface area (Å²) >= 11 is 0. The van der Waals surface area contributed by atoms with Gasteiger partial charge in [-0.3, -0.25) is 4.68 Å². The molecule has 0 spiro atoms. The van der Waals surface area contributed by atoms with Gasteiger partial charge in [0.05, 0.1) is 6.20 Å². The Bertz CT molecular complexity index is 903. The first-order valence-electron chi connectivity index (χ1n) is 9.56. The van der Waals surface area contributed by atoms with Crippen LogP contribution in [0.1, 0.15) is 25.3 Å². The highest BCUT2D eigenvalue weighted by molar-refractivity contribution is 5.62. The first-order chi connectivity index (χ1) is 13.2. The molecule has 27 heavy (non-hydrogen) atoms. The first kappa shape index (κ1) is 17.5. The van der Waals surface area contributed by atoms with E-state index >= 15 is 0 Å². The lowest BCUT2D eigenvalue weighted by atomic mass is 10.0. The van der Waals surface area contributed by atoms with Crippen LogP contribution in [0.3, 0.4) is 0 Å². The van der Waals surface area contributed by atoms with Crippen LogP contribution in [0.4, 0.5) is 11.6 Å². The third-order valence-electron chi connectivity index (χ3n) is 5.07. The van der Waals surface area contributed by atoms with Crippen molar-refractivity contribution in [3.05, 3.63) is 54.6 Å². The van der Waals surface area contributed by atoms with Gasteiger partial charge < -0.3 is 10.2 Å². The third kappa shape index (κ3) is 4.27. The monoisotopic (exact) mass is 362 g/mol. The third-order valence-corrected chi connectivity index (χ3v) is 5.07. The number of nitrogens with one attached hydrogen (secondary N) is 1. The zero-order valence-electron chi connectivity index (χ0n) is 16.0. The van der Waals surface area contributed by atoms with Gasteiger partial charge in [-0.15, -0.1) is 0 Å². The summed E-state index contributed by atoms with van der Waals surface area (Å²) in [7, 11) is 1.94. The molecule has 1 aromatic carbocycles. The van der Waals surface area contributed by atoms with Crippen molar-refractivity contribution in [3.8, 4) is 11.1 Å². The summed E-state index contributed by atoms with van der Waals surface area (Å²) in [5, 5.41) is 7.69. The summed E-state index contributed by atoms with van der Waals surface area (Å²) in [6.45, 7) is 5.18. The minimum Gasteiger partial charge on any atom is -0.366 e. The topological polar surface area (TPSA) is 58.9 Å². The van der Waals surface area contributed by atoms with E-state index in [1.165, 1.54) is 24.0 Å². The SMILES string of the molecule is CC1CCCN(c2cc(NCc3cccc(-c4cnn(C)c4)c3)ncn2)C1. The van der Waals surface area contributed by atoms with Crippen molar-refractivity contribution in [2.45, 2.75) is 26.3 Å². The van der Waals surface area contributed by atoms with E-state index < -0.39 is 0 Å². The standard InChI is InChI=1S/C21H26N6/c1-16-5-4-8-27(13-16)21-10-20(23-15-24-21)22-11-17-6-3-7-18(9-17)19-12-25-26(2)14-19/h3,6-7,9-10,12,14-16H,4-5,8,11,13H2,1-2H3,(H,22,23,24). The van der Waals surface area contributed by atoms with Crippen molar-refractivity contribution >= 4 is 11.6 Å². The smallest absolute Gasteiger partial charge is 0.134 e. The zero-order chi connectivity index (χ0) is 18.6. The Labute approximate surface area is 160 Å². The van der Waals surface area contributed by atoms with Gasteiger partial charge in [0.2, 0.25) is 0 Å². The number of hydrogen-bond donors (Lipinski definition) is 1. The van der Waals surface area contributed by atoms with E-state index in [4.69, 9.17) is 0 Å². The zero-order valence-corrected chi connectivity index (χ0v) is 16.0. The number of rotatable bonds is 5. The largest absolute Gasteiger partial charge is 0.366 e. The Morgan fingerprint density at radius 2 is 2.11 bits per heavy atom. The van der Waals surface area contributed by atoms with Gasteiger partial charge in [-0.2, -0.15) is 5.10 Å². The Kier molecular flexibility index (Phi) is 5.05. The molecule has 0 saturated carbocycles. The molecule has 1 aliphatic rings. The van der Waals surface area contributed by atoms with Crippen LogP contribution in [0.15, 0.2) is 49.1 Å². The number of aromatic nitrogens is 4. The predicted molar refractivity (Wildman–Crippen MR) is 109 cm³/mol. The first-order valence-corrected chi connectivity index (χ1v) is 9.56. The molecule has 1 aliphatic heterocycles. The summed E-state index contributed by atoms with van der Waals surface area (Å²) in [5.74, 6) is 2.61. The van der Waals surface area contributed by atoms with E-state index in [0.717, 1.165) is 42.8 Å². The number of hydrogen-bond acceptors (Lipinski definition) is 5. The van der Waals surface area contributed by atoms with Crippen LogP contribution < -0.4 is 10.2 Å². The quantitative estimate of drug-likeness (QED) is 0.749. The molecule has 1 saturated heterocycles. The Morgan fingerprint density at radius 3 is 2.93 bits per heavy atom. The van der Waals surface area contributed by atoms with Gasteiger partial charge in [-0.05, 0) is 36.0 Å². The molecule has 0 aliphatic carbocycles. The van der Waals surface area contributed by atoms with Crippen molar-refractivity contribution in [2.75, 3.05) is 23.3 Å². The van der Waals surface area contributed by atoms with E-state index in [1.807, 2.05) is 24.1 Å². The molecule has 0 amide bonds. The molecule has 1 fully saturated rings. The van der Waals surface area contributed by atoms with Crippen molar-refractivity contribution in [3.63, 3.8) is 0 Å². The lowest BCUT2D eigenvalue weighted by Gasteiger charge is -2.31. The lowest BCUT2D eigenvalue weighted by molar-refractivity contribution is 0.444. The second kappa shape index (κ2) is 7.78. The van der Waals surface area contributed by atoms with E-state index in [9.17, 15) is 0 Å².